The first-order chi connectivity index (χ1) is 10.6. The van der Waals surface area contributed by atoms with Crippen LogP contribution in [0.3, 0.4) is 0 Å². The third-order valence-electron chi connectivity index (χ3n) is 3.75. The number of aromatic amines is 1. The van der Waals surface area contributed by atoms with Gasteiger partial charge in [-0.15, -0.1) is 12.4 Å². The van der Waals surface area contributed by atoms with Gasteiger partial charge in [0, 0.05) is 41.9 Å². The van der Waals surface area contributed by atoms with E-state index in [1.54, 1.807) is 12.1 Å². The van der Waals surface area contributed by atoms with Crippen molar-refractivity contribution in [3.8, 4) is 5.75 Å². The second-order valence-electron chi connectivity index (χ2n) is 5.21. The number of aryl methyl sites for hydroxylation is 1. The van der Waals surface area contributed by atoms with Gasteiger partial charge in [0.05, 0.1) is 12.8 Å². The molecule has 8 heteroatoms. The van der Waals surface area contributed by atoms with Gasteiger partial charge in [0.15, 0.2) is 5.69 Å². The van der Waals surface area contributed by atoms with Crippen molar-refractivity contribution >= 4 is 35.6 Å². The molecule has 1 aliphatic rings. The molecule has 1 aliphatic heterocycles. The minimum Gasteiger partial charge on any atom is -0.495 e. The van der Waals surface area contributed by atoms with Gasteiger partial charge in [-0.05, 0) is 18.6 Å². The Labute approximate surface area is 145 Å². The molecule has 0 saturated carbocycles. The van der Waals surface area contributed by atoms with Gasteiger partial charge in [0.2, 0.25) is 0 Å². The molecule has 23 heavy (non-hydrogen) atoms. The lowest BCUT2D eigenvalue weighted by molar-refractivity contribution is 0.102. The largest absolute Gasteiger partial charge is 0.495 e. The molecule has 1 aromatic heterocycles. The van der Waals surface area contributed by atoms with Crippen LogP contribution in [-0.4, -0.2) is 29.8 Å². The Bertz CT molecular complexity index is 731. The van der Waals surface area contributed by atoms with Gasteiger partial charge in [-0.2, -0.15) is 5.10 Å². The van der Waals surface area contributed by atoms with E-state index in [0.29, 0.717) is 28.7 Å². The highest BCUT2D eigenvalue weighted by Gasteiger charge is 2.22. The first kappa shape index (κ1) is 17.6. The summed E-state index contributed by atoms with van der Waals surface area (Å²) in [5, 5.41) is 13.8. The first-order valence-electron chi connectivity index (χ1n) is 7.02. The summed E-state index contributed by atoms with van der Waals surface area (Å²) >= 11 is 6.08. The summed E-state index contributed by atoms with van der Waals surface area (Å²) in [7, 11) is 1.54. The summed E-state index contributed by atoms with van der Waals surface area (Å²) in [6, 6.07) is 3.48. The number of H-pyrrole nitrogens is 1. The summed E-state index contributed by atoms with van der Waals surface area (Å²) in [4.78, 5) is 12.5. The second kappa shape index (κ2) is 7.21. The van der Waals surface area contributed by atoms with E-state index >= 15 is 0 Å². The number of amides is 1. The molecular formula is C15H18Cl2N4O2. The summed E-state index contributed by atoms with van der Waals surface area (Å²) < 4.78 is 5.27. The zero-order chi connectivity index (χ0) is 15.7. The monoisotopic (exact) mass is 356 g/mol. The molecule has 1 aromatic carbocycles. The Morgan fingerprint density at radius 2 is 2.22 bits per heavy atom. The number of nitrogens with zero attached hydrogens (tertiary/aromatic N) is 1. The van der Waals surface area contributed by atoms with Crippen LogP contribution in [0, 0.1) is 6.92 Å². The lowest BCUT2D eigenvalue weighted by Crippen LogP contribution is -2.25. The van der Waals surface area contributed by atoms with Gasteiger partial charge in [0.25, 0.3) is 5.91 Å². The van der Waals surface area contributed by atoms with E-state index in [0.717, 1.165) is 29.8 Å². The summed E-state index contributed by atoms with van der Waals surface area (Å²) in [5.74, 6) is 0.257. The van der Waals surface area contributed by atoms with E-state index in [9.17, 15) is 4.79 Å². The number of benzene rings is 1. The molecule has 3 rings (SSSR count). The van der Waals surface area contributed by atoms with E-state index in [2.05, 4.69) is 20.8 Å². The van der Waals surface area contributed by atoms with E-state index in [4.69, 9.17) is 16.3 Å². The average molecular weight is 357 g/mol. The predicted octanol–water partition coefficient (Wildman–Crippen LogP) is 2.70. The number of halogens is 2. The number of carbonyl (C=O) groups excluding carboxylic acids is 1. The smallest absolute Gasteiger partial charge is 0.276 e. The topological polar surface area (TPSA) is 79.0 Å². The number of hydrogen-bond acceptors (Lipinski definition) is 4. The Hall–Kier alpha value is -1.76. The zero-order valence-electron chi connectivity index (χ0n) is 12.8. The van der Waals surface area contributed by atoms with Gasteiger partial charge >= 0.3 is 0 Å². The van der Waals surface area contributed by atoms with Crippen LogP contribution in [0.1, 0.15) is 27.3 Å². The zero-order valence-corrected chi connectivity index (χ0v) is 14.4. The van der Waals surface area contributed by atoms with Crippen molar-refractivity contribution in [2.24, 2.45) is 0 Å². The number of carbonyl (C=O) groups is 1. The van der Waals surface area contributed by atoms with Crippen LogP contribution >= 0.6 is 24.0 Å². The minimum absolute atomic E-state index is 0. The Balaban J connectivity index is 0.00000192. The van der Waals surface area contributed by atoms with Crippen LogP contribution < -0.4 is 15.4 Å². The molecule has 0 aliphatic carbocycles. The van der Waals surface area contributed by atoms with E-state index in [-0.39, 0.29) is 18.3 Å². The SMILES string of the molecule is COc1cc(Cl)c(C)cc1NC(=O)c1n[nH]c2c1CNCC2.Cl. The van der Waals surface area contributed by atoms with Crippen LogP contribution in [0.4, 0.5) is 5.69 Å². The highest BCUT2D eigenvalue weighted by atomic mass is 35.5. The van der Waals surface area contributed by atoms with Crippen LogP contribution in [0.15, 0.2) is 12.1 Å². The second-order valence-corrected chi connectivity index (χ2v) is 5.62. The highest BCUT2D eigenvalue weighted by Crippen LogP contribution is 2.31. The van der Waals surface area contributed by atoms with Crippen molar-refractivity contribution in [3.05, 3.63) is 39.7 Å². The van der Waals surface area contributed by atoms with Gasteiger partial charge in [0.1, 0.15) is 5.75 Å². The van der Waals surface area contributed by atoms with Crippen molar-refractivity contribution < 1.29 is 9.53 Å². The fourth-order valence-corrected chi connectivity index (χ4v) is 2.68. The number of anilines is 1. The lowest BCUT2D eigenvalue weighted by Gasteiger charge is -2.14. The molecular weight excluding hydrogens is 339 g/mol. The van der Waals surface area contributed by atoms with Crippen LogP contribution in [-0.2, 0) is 13.0 Å². The Kier molecular flexibility index (Phi) is 5.51. The van der Waals surface area contributed by atoms with Gasteiger partial charge in [-0.3, -0.25) is 9.89 Å². The molecule has 2 aromatic rings. The maximum Gasteiger partial charge on any atom is 0.276 e. The number of ether oxygens (including phenoxy) is 1. The summed E-state index contributed by atoms with van der Waals surface area (Å²) in [6.45, 7) is 3.41. The number of methoxy groups -OCH3 is 1. The number of fused-ring (bicyclic) bond motifs is 1. The number of rotatable bonds is 3. The number of hydrogen-bond donors (Lipinski definition) is 3. The molecule has 0 saturated heterocycles. The number of aromatic nitrogens is 2. The fourth-order valence-electron chi connectivity index (χ4n) is 2.52. The standard InChI is InChI=1S/C15H17ClN4O2.ClH/c1-8-5-12(13(22-2)6-10(8)16)18-15(21)14-9-7-17-4-3-11(9)19-20-14;/h5-6,17H,3-4,7H2,1-2H3,(H,18,21)(H,19,20);1H. The molecule has 0 spiro atoms. The molecule has 0 radical (unpaired) electrons. The van der Waals surface area contributed by atoms with Crippen molar-refractivity contribution in [1.29, 1.82) is 0 Å². The molecule has 6 nitrogen and oxygen atoms in total. The minimum atomic E-state index is -0.263. The van der Waals surface area contributed by atoms with Crippen molar-refractivity contribution in [3.63, 3.8) is 0 Å². The van der Waals surface area contributed by atoms with Crippen molar-refractivity contribution in [1.82, 2.24) is 15.5 Å². The van der Waals surface area contributed by atoms with E-state index < -0.39 is 0 Å². The Morgan fingerprint density at radius 1 is 1.43 bits per heavy atom. The van der Waals surface area contributed by atoms with Crippen LogP contribution in [0.5, 0.6) is 5.75 Å². The number of nitrogens with one attached hydrogen (secondary N) is 3. The van der Waals surface area contributed by atoms with Crippen molar-refractivity contribution in [2.75, 3.05) is 19.0 Å². The van der Waals surface area contributed by atoms with Gasteiger partial charge in [-0.25, -0.2) is 0 Å². The van der Waals surface area contributed by atoms with Crippen LogP contribution in [0.2, 0.25) is 5.02 Å². The first-order valence-corrected chi connectivity index (χ1v) is 7.40. The molecule has 0 atom stereocenters. The third-order valence-corrected chi connectivity index (χ3v) is 4.16. The quantitative estimate of drug-likeness (QED) is 0.789. The van der Waals surface area contributed by atoms with Gasteiger partial charge < -0.3 is 15.4 Å². The maximum atomic E-state index is 12.5. The lowest BCUT2D eigenvalue weighted by atomic mass is 10.1. The molecule has 1 amide bonds. The van der Waals surface area contributed by atoms with Crippen LogP contribution in [0.25, 0.3) is 0 Å². The fraction of sp³-hybridized carbons (Fsp3) is 0.333. The van der Waals surface area contributed by atoms with E-state index in [1.165, 1.54) is 7.11 Å². The summed E-state index contributed by atoms with van der Waals surface area (Å²) in [5.41, 5.74) is 3.80. The van der Waals surface area contributed by atoms with E-state index in [1.807, 2.05) is 6.92 Å². The van der Waals surface area contributed by atoms with Gasteiger partial charge in [-0.1, -0.05) is 11.6 Å². The maximum absolute atomic E-state index is 12.5. The Morgan fingerprint density at radius 3 is 2.96 bits per heavy atom. The average Bonchev–Trinajstić information content (AvgIpc) is 2.94. The molecule has 2 heterocycles. The molecule has 0 bridgehead atoms. The third kappa shape index (κ3) is 3.44. The predicted molar refractivity (Wildman–Crippen MR) is 91.9 cm³/mol. The highest BCUT2D eigenvalue weighted by molar-refractivity contribution is 6.31. The molecule has 0 unspecified atom stereocenters. The molecule has 3 N–H and O–H groups in total. The molecule has 124 valence electrons. The summed E-state index contributed by atoms with van der Waals surface area (Å²) in [6.07, 6.45) is 0.846. The van der Waals surface area contributed by atoms with Crippen molar-refractivity contribution in [2.45, 2.75) is 19.9 Å². The normalized spacial score (nSPS) is 13.0. The molecule has 0 fully saturated rings.